The number of benzene rings is 7. The Morgan fingerprint density at radius 1 is 0.385 bits per heavy atom. The van der Waals surface area contributed by atoms with E-state index in [2.05, 4.69) is 91.0 Å². The van der Waals surface area contributed by atoms with Gasteiger partial charge in [0, 0.05) is 63.8 Å². The summed E-state index contributed by atoms with van der Waals surface area (Å²) < 4.78 is 8.98. The summed E-state index contributed by atoms with van der Waals surface area (Å²) in [5.41, 5.74) is 6.95. The predicted octanol–water partition coefficient (Wildman–Crippen LogP) is 12.5. The minimum atomic E-state index is 0.542. The number of para-hydroxylation sites is 3. The molecular formula is C46H26N4OS. The van der Waals surface area contributed by atoms with Crippen molar-refractivity contribution in [3.63, 3.8) is 0 Å². The molecule has 6 heteroatoms. The first-order chi connectivity index (χ1) is 25.8. The molecule has 0 aliphatic heterocycles. The van der Waals surface area contributed by atoms with Crippen LogP contribution in [0.25, 0.3) is 109 Å². The standard InChI is InChI=1S/C46H26N4OS/c1-3-13-27(14-4-1)41-33-25-26-38-40(31-18-8-10-24-37(31)52-38)39(33)32-20-12-21-34(42(32)47-41)45-48-44(28-15-5-2-6-16-28)49-46(50-45)35-22-11-19-30-29-17-7-9-23-36(29)51-43(30)35/h1-26H. The second kappa shape index (κ2) is 11.4. The van der Waals surface area contributed by atoms with Gasteiger partial charge in [0.2, 0.25) is 0 Å². The number of hydrogen-bond acceptors (Lipinski definition) is 6. The lowest BCUT2D eigenvalue weighted by Gasteiger charge is -2.15. The summed E-state index contributed by atoms with van der Waals surface area (Å²) in [5.74, 6) is 1.68. The van der Waals surface area contributed by atoms with E-state index < -0.39 is 0 Å². The van der Waals surface area contributed by atoms with E-state index in [1.165, 1.54) is 25.6 Å². The average molecular weight is 683 g/mol. The van der Waals surface area contributed by atoms with Crippen molar-refractivity contribution in [3.8, 4) is 45.4 Å². The molecule has 0 atom stereocenters. The highest BCUT2D eigenvalue weighted by molar-refractivity contribution is 7.26. The number of fused-ring (bicyclic) bond motifs is 10. The molecule has 11 rings (SSSR count). The first kappa shape index (κ1) is 29.0. The molecule has 0 aliphatic rings. The van der Waals surface area contributed by atoms with Crippen LogP contribution in [-0.4, -0.2) is 19.9 Å². The summed E-state index contributed by atoms with van der Waals surface area (Å²) in [6.07, 6.45) is 0. The van der Waals surface area contributed by atoms with Crippen LogP contribution in [0, 0.1) is 0 Å². The molecule has 4 heterocycles. The van der Waals surface area contributed by atoms with Crippen LogP contribution in [-0.2, 0) is 0 Å². The van der Waals surface area contributed by atoms with Crippen LogP contribution in [0.3, 0.4) is 0 Å². The third kappa shape index (κ3) is 4.41. The molecule has 0 aliphatic carbocycles. The SMILES string of the molecule is c1ccc(-c2nc(-c3cccc4c3nc(-c3ccccc3)c3ccc5sc6ccccc6c5c34)nc(-c3cccc4c3oc3ccccc34)n2)cc1. The largest absolute Gasteiger partial charge is 0.455 e. The number of aromatic nitrogens is 4. The van der Waals surface area contributed by atoms with E-state index in [1.807, 2.05) is 78.1 Å². The lowest BCUT2D eigenvalue weighted by Crippen LogP contribution is -2.01. The van der Waals surface area contributed by atoms with Crippen molar-refractivity contribution in [1.29, 1.82) is 0 Å². The Hall–Kier alpha value is -6.76. The van der Waals surface area contributed by atoms with Gasteiger partial charge in [0.25, 0.3) is 0 Å². The monoisotopic (exact) mass is 682 g/mol. The molecular weight excluding hydrogens is 657 g/mol. The van der Waals surface area contributed by atoms with E-state index >= 15 is 0 Å². The highest BCUT2D eigenvalue weighted by atomic mass is 32.1. The maximum absolute atomic E-state index is 6.47. The number of rotatable bonds is 4. The van der Waals surface area contributed by atoms with Crippen molar-refractivity contribution in [2.45, 2.75) is 0 Å². The Morgan fingerprint density at radius 3 is 1.85 bits per heavy atom. The van der Waals surface area contributed by atoms with E-state index in [0.717, 1.165) is 66.2 Å². The van der Waals surface area contributed by atoms with E-state index in [4.69, 9.17) is 24.4 Å². The molecule has 0 bridgehead atoms. The molecule has 5 nitrogen and oxygen atoms in total. The van der Waals surface area contributed by atoms with Gasteiger partial charge in [-0.05, 0) is 30.3 Å². The third-order valence-corrected chi connectivity index (χ3v) is 11.1. The summed E-state index contributed by atoms with van der Waals surface area (Å²) in [4.78, 5) is 21.0. The molecule has 7 aromatic carbocycles. The van der Waals surface area contributed by atoms with Gasteiger partial charge in [-0.25, -0.2) is 19.9 Å². The smallest absolute Gasteiger partial charge is 0.167 e. The minimum Gasteiger partial charge on any atom is -0.455 e. The molecule has 0 fully saturated rings. The molecule has 0 spiro atoms. The van der Waals surface area contributed by atoms with Crippen molar-refractivity contribution in [1.82, 2.24) is 19.9 Å². The fraction of sp³-hybridized carbons (Fsp3) is 0. The molecule has 0 amide bonds. The van der Waals surface area contributed by atoms with Gasteiger partial charge in [-0.2, -0.15) is 0 Å². The molecule has 11 aromatic rings. The number of thiophene rings is 1. The van der Waals surface area contributed by atoms with Gasteiger partial charge in [-0.3, -0.25) is 0 Å². The molecule has 0 radical (unpaired) electrons. The molecule has 0 saturated carbocycles. The van der Waals surface area contributed by atoms with Crippen LogP contribution in [0.2, 0.25) is 0 Å². The van der Waals surface area contributed by atoms with Gasteiger partial charge in [0.05, 0.1) is 16.8 Å². The maximum Gasteiger partial charge on any atom is 0.167 e. The summed E-state index contributed by atoms with van der Waals surface area (Å²) >= 11 is 1.83. The van der Waals surface area contributed by atoms with Crippen LogP contribution in [0.4, 0.5) is 0 Å². The zero-order valence-corrected chi connectivity index (χ0v) is 28.4. The van der Waals surface area contributed by atoms with Crippen molar-refractivity contribution in [3.05, 3.63) is 158 Å². The lowest BCUT2D eigenvalue weighted by molar-refractivity contribution is 0.669. The van der Waals surface area contributed by atoms with Crippen LogP contribution in [0.15, 0.2) is 162 Å². The first-order valence-corrected chi connectivity index (χ1v) is 18.0. The third-order valence-electron chi connectivity index (χ3n) is 9.93. The van der Waals surface area contributed by atoms with Gasteiger partial charge in [-0.1, -0.05) is 127 Å². The fourth-order valence-corrected chi connectivity index (χ4v) is 8.70. The van der Waals surface area contributed by atoms with Crippen LogP contribution < -0.4 is 0 Å². The Balaban J connectivity index is 1.25. The Kier molecular flexibility index (Phi) is 6.35. The maximum atomic E-state index is 6.47. The van der Waals surface area contributed by atoms with Gasteiger partial charge in [-0.15, -0.1) is 11.3 Å². The normalized spacial score (nSPS) is 11.8. The average Bonchev–Trinajstić information content (AvgIpc) is 3.79. The molecule has 242 valence electrons. The first-order valence-electron chi connectivity index (χ1n) is 17.2. The fourth-order valence-electron chi connectivity index (χ4n) is 7.58. The Labute approximate surface area is 301 Å². The van der Waals surface area contributed by atoms with Gasteiger partial charge >= 0.3 is 0 Å². The van der Waals surface area contributed by atoms with Crippen LogP contribution in [0.5, 0.6) is 0 Å². The van der Waals surface area contributed by atoms with Crippen molar-refractivity contribution >= 4 is 75.1 Å². The molecule has 0 unspecified atom stereocenters. The molecule has 0 saturated heterocycles. The summed E-state index contributed by atoms with van der Waals surface area (Å²) in [7, 11) is 0. The molecule has 0 N–H and O–H groups in total. The van der Waals surface area contributed by atoms with Crippen molar-refractivity contribution in [2.24, 2.45) is 0 Å². The van der Waals surface area contributed by atoms with Crippen LogP contribution in [0.1, 0.15) is 0 Å². The van der Waals surface area contributed by atoms with E-state index in [0.29, 0.717) is 17.5 Å². The van der Waals surface area contributed by atoms with E-state index in [1.54, 1.807) is 0 Å². The molecule has 4 aromatic heterocycles. The van der Waals surface area contributed by atoms with Crippen molar-refractivity contribution in [2.75, 3.05) is 0 Å². The highest BCUT2D eigenvalue weighted by Crippen LogP contribution is 2.45. The second-order valence-corrected chi connectivity index (χ2v) is 14.0. The highest BCUT2D eigenvalue weighted by Gasteiger charge is 2.22. The van der Waals surface area contributed by atoms with E-state index in [-0.39, 0.29) is 0 Å². The summed E-state index contributed by atoms with van der Waals surface area (Å²) in [6, 6.07) is 54.3. The summed E-state index contributed by atoms with van der Waals surface area (Å²) in [5, 5.41) is 7.94. The number of nitrogens with zero attached hydrogens (tertiary/aromatic N) is 4. The Bertz CT molecular complexity index is 3190. The van der Waals surface area contributed by atoms with Crippen LogP contribution >= 0.6 is 11.3 Å². The molecule has 52 heavy (non-hydrogen) atoms. The Morgan fingerprint density at radius 2 is 1.02 bits per heavy atom. The van der Waals surface area contributed by atoms with Crippen molar-refractivity contribution < 1.29 is 4.42 Å². The number of furan rings is 1. The zero-order valence-electron chi connectivity index (χ0n) is 27.6. The quantitative estimate of drug-likeness (QED) is 0.173. The predicted molar refractivity (Wildman–Crippen MR) is 215 cm³/mol. The second-order valence-electron chi connectivity index (χ2n) is 12.9. The number of hydrogen-bond donors (Lipinski definition) is 0. The summed E-state index contributed by atoms with van der Waals surface area (Å²) in [6.45, 7) is 0. The van der Waals surface area contributed by atoms with Gasteiger partial charge in [0.15, 0.2) is 17.5 Å². The number of pyridine rings is 1. The zero-order chi connectivity index (χ0) is 34.2. The topological polar surface area (TPSA) is 64.7 Å². The lowest BCUT2D eigenvalue weighted by atomic mass is 9.95. The van der Waals surface area contributed by atoms with E-state index in [9.17, 15) is 0 Å². The minimum absolute atomic E-state index is 0.542. The van der Waals surface area contributed by atoms with Gasteiger partial charge in [0.1, 0.15) is 11.2 Å². The van der Waals surface area contributed by atoms with Gasteiger partial charge < -0.3 is 4.42 Å².